The minimum absolute atomic E-state index is 0.220. The van der Waals surface area contributed by atoms with Crippen molar-refractivity contribution in [3.63, 3.8) is 0 Å². The number of hydrogen-bond donors (Lipinski definition) is 2. The summed E-state index contributed by atoms with van der Waals surface area (Å²) in [5, 5.41) is 0.814. The number of carbonyl (C=O) groups is 1. The Kier molecular flexibility index (Phi) is 3.14. The Balaban J connectivity index is 2.35. The van der Waals surface area contributed by atoms with Gasteiger partial charge in [-0.05, 0) is 23.7 Å². The minimum Gasteiger partial charge on any atom is -0.288 e. The molecule has 3 N–H and O–H groups in total. The van der Waals surface area contributed by atoms with Crippen molar-refractivity contribution in [1.29, 1.82) is 0 Å². The SMILES string of the molecule is NNC(=O)c1nc(-c2cccc(Cl)c2)ns1. The van der Waals surface area contributed by atoms with Gasteiger partial charge in [0.2, 0.25) is 5.01 Å². The fraction of sp³-hybridized carbons (Fsp3) is 0. The lowest BCUT2D eigenvalue weighted by molar-refractivity contribution is 0.0953. The fourth-order valence-corrected chi connectivity index (χ4v) is 1.90. The molecule has 16 heavy (non-hydrogen) atoms. The smallest absolute Gasteiger partial charge is 0.288 e. The molecule has 0 spiro atoms. The van der Waals surface area contributed by atoms with Crippen LogP contribution in [-0.2, 0) is 0 Å². The van der Waals surface area contributed by atoms with E-state index in [2.05, 4.69) is 9.36 Å². The maximum atomic E-state index is 11.2. The highest BCUT2D eigenvalue weighted by molar-refractivity contribution is 7.07. The van der Waals surface area contributed by atoms with Gasteiger partial charge in [0, 0.05) is 10.6 Å². The topological polar surface area (TPSA) is 80.9 Å². The van der Waals surface area contributed by atoms with E-state index in [1.165, 1.54) is 0 Å². The van der Waals surface area contributed by atoms with Crippen molar-refractivity contribution in [3.05, 3.63) is 34.3 Å². The number of nitrogen functional groups attached to an aromatic ring is 1. The highest BCUT2D eigenvalue weighted by Gasteiger charge is 2.12. The first-order valence-electron chi connectivity index (χ1n) is 4.31. The molecule has 82 valence electrons. The van der Waals surface area contributed by atoms with Gasteiger partial charge in [-0.25, -0.2) is 10.8 Å². The van der Waals surface area contributed by atoms with Crippen LogP contribution in [0.3, 0.4) is 0 Å². The average Bonchev–Trinajstić information content (AvgIpc) is 2.77. The fourth-order valence-electron chi connectivity index (χ4n) is 1.12. The van der Waals surface area contributed by atoms with E-state index >= 15 is 0 Å². The summed E-state index contributed by atoms with van der Waals surface area (Å²) in [5.74, 6) is 5.01. The Bertz CT molecular complexity index is 528. The largest absolute Gasteiger partial charge is 0.295 e. The summed E-state index contributed by atoms with van der Waals surface area (Å²) in [6.45, 7) is 0. The van der Waals surface area contributed by atoms with Crippen LogP contribution in [0.25, 0.3) is 11.4 Å². The van der Waals surface area contributed by atoms with Crippen LogP contribution >= 0.6 is 23.1 Å². The van der Waals surface area contributed by atoms with E-state index in [4.69, 9.17) is 17.4 Å². The Labute approximate surface area is 100 Å². The number of aromatic nitrogens is 2. The molecule has 1 aromatic carbocycles. The summed E-state index contributed by atoms with van der Waals surface area (Å²) >= 11 is 6.83. The van der Waals surface area contributed by atoms with E-state index in [1.807, 2.05) is 11.5 Å². The molecule has 0 saturated carbocycles. The average molecular weight is 255 g/mol. The molecule has 0 bridgehead atoms. The predicted octanol–water partition coefficient (Wildman–Crippen LogP) is 1.46. The molecule has 0 fully saturated rings. The van der Waals surface area contributed by atoms with Crippen molar-refractivity contribution < 1.29 is 4.79 Å². The van der Waals surface area contributed by atoms with Gasteiger partial charge in [-0.1, -0.05) is 23.7 Å². The first kappa shape index (κ1) is 11.0. The summed E-state index contributed by atoms with van der Waals surface area (Å²) in [4.78, 5) is 15.2. The van der Waals surface area contributed by atoms with Gasteiger partial charge < -0.3 is 0 Å². The number of benzene rings is 1. The van der Waals surface area contributed by atoms with Crippen LogP contribution in [0.4, 0.5) is 0 Å². The monoisotopic (exact) mass is 254 g/mol. The molecule has 0 aliphatic heterocycles. The minimum atomic E-state index is -0.453. The van der Waals surface area contributed by atoms with Crippen LogP contribution in [0.1, 0.15) is 9.80 Å². The van der Waals surface area contributed by atoms with Gasteiger partial charge in [0.15, 0.2) is 5.82 Å². The molecule has 1 heterocycles. The second-order valence-corrected chi connectivity index (χ2v) is 4.10. The van der Waals surface area contributed by atoms with Gasteiger partial charge in [-0.2, -0.15) is 4.37 Å². The van der Waals surface area contributed by atoms with Gasteiger partial charge in [0.25, 0.3) is 5.91 Å². The van der Waals surface area contributed by atoms with Crippen molar-refractivity contribution in [3.8, 4) is 11.4 Å². The van der Waals surface area contributed by atoms with Crippen molar-refractivity contribution in [1.82, 2.24) is 14.8 Å². The molecule has 0 aliphatic carbocycles. The second kappa shape index (κ2) is 4.56. The molecule has 0 unspecified atom stereocenters. The molecule has 0 aliphatic rings. The number of nitrogens with zero attached hydrogens (tertiary/aromatic N) is 2. The number of rotatable bonds is 2. The summed E-state index contributed by atoms with van der Waals surface area (Å²) in [5.41, 5.74) is 2.76. The van der Waals surface area contributed by atoms with E-state index in [0.29, 0.717) is 10.8 Å². The van der Waals surface area contributed by atoms with Gasteiger partial charge in [-0.15, -0.1) is 0 Å². The molecule has 0 radical (unpaired) electrons. The van der Waals surface area contributed by atoms with Gasteiger partial charge >= 0.3 is 0 Å². The zero-order valence-corrected chi connectivity index (χ0v) is 9.55. The number of carbonyl (C=O) groups excluding carboxylic acids is 1. The Morgan fingerprint density at radius 1 is 1.50 bits per heavy atom. The highest BCUT2D eigenvalue weighted by atomic mass is 35.5. The van der Waals surface area contributed by atoms with E-state index in [9.17, 15) is 4.79 Å². The molecule has 7 heteroatoms. The highest BCUT2D eigenvalue weighted by Crippen LogP contribution is 2.21. The summed E-state index contributed by atoms with van der Waals surface area (Å²) in [6, 6.07) is 7.10. The number of hydrogen-bond acceptors (Lipinski definition) is 5. The lowest BCUT2D eigenvalue weighted by Crippen LogP contribution is -2.29. The molecule has 1 aromatic heterocycles. The van der Waals surface area contributed by atoms with E-state index < -0.39 is 5.91 Å². The van der Waals surface area contributed by atoms with Crippen LogP contribution in [0.5, 0.6) is 0 Å². The van der Waals surface area contributed by atoms with Gasteiger partial charge in [0.05, 0.1) is 0 Å². The van der Waals surface area contributed by atoms with Crippen LogP contribution in [0.2, 0.25) is 5.02 Å². The number of amides is 1. The number of hydrazine groups is 1. The summed E-state index contributed by atoms with van der Waals surface area (Å²) < 4.78 is 4.05. The molecule has 0 saturated heterocycles. The second-order valence-electron chi connectivity index (χ2n) is 2.91. The van der Waals surface area contributed by atoms with Crippen LogP contribution in [0, 0.1) is 0 Å². The first-order chi connectivity index (χ1) is 7.70. The van der Waals surface area contributed by atoms with Crippen molar-refractivity contribution in [2.45, 2.75) is 0 Å². The summed E-state index contributed by atoms with van der Waals surface area (Å²) in [7, 11) is 0. The molecular formula is C9H7ClN4OS. The maximum absolute atomic E-state index is 11.2. The maximum Gasteiger partial charge on any atom is 0.295 e. The zero-order chi connectivity index (χ0) is 11.5. The molecule has 5 nitrogen and oxygen atoms in total. The standard InChI is InChI=1S/C9H7ClN4OS/c10-6-3-1-2-5(4-6)7-12-9(16-14-7)8(15)13-11/h1-4H,11H2,(H,13,15). The molecule has 2 aromatic rings. The van der Waals surface area contributed by atoms with E-state index in [0.717, 1.165) is 17.1 Å². The van der Waals surface area contributed by atoms with Crippen molar-refractivity contribution in [2.24, 2.45) is 5.84 Å². The first-order valence-corrected chi connectivity index (χ1v) is 5.46. The van der Waals surface area contributed by atoms with E-state index in [-0.39, 0.29) is 5.01 Å². The number of nitrogens with one attached hydrogen (secondary N) is 1. The van der Waals surface area contributed by atoms with Crippen LogP contribution < -0.4 is 11.3 Å². The predicted molar refractivity (Wildman–Crippen MR) is 62.0 cm³/mol. The van der Waals surface area contributed by atoms with Crippen molar-refractivity contribution in [2.75, 3.05) is 0 Å². The van der Waals surface area contributed by atoms with Gasteiger partial charge in [0.1, 0.15) is 0 Å². The van der Waals surface area contributed by atoms with Crippen LogP contribution in [0.15, 0.2) is 24.3 Å². The lowest BCUT2D eigenvalue weighted by atomic mass is 10.2. The lowest BCUT2D eigenvalue weighted by Gasteiger charge is -1.95. The quantitative estimate of drug-likeness (QED) is 0.483. The Morgan fingerprint density at radius 3 is 3.00 bits per heavy atom. The number of halogens is 1. The third kappa shape index (κ3) is 2.19. The molecule has 1 amide bonds. The van der Waals surface area contributed by atoms with Crippen LogP contribution in [-0.4, -0.2) is 15.3 Å². The van der Waals surface area contributed by atoms with E-state index in [1.54, 1.807) is 18.2 Å². The molecule has 2 rings (SSSR count). The molecule has 0 atom stereocenters. The third-order valence-corrected chi connectivity index (χ3v) is 2.78. The Morgan fingerprint density at radius 2 is 2.31 bits per heavy atom. The zero-order valence-electron chi connectivity index (χ0n) is 7.98. The normalized spacial score (nSPS) is 10.1. The Hall–Kier alpha value is -1.50. The van der Waals surface area contributed by atoms with Crippen molar-refractivity contribution >= 4 is 29.0 Å². The summed E-state index contributed by atoms with van der Waals surface area (Å²) in [6.07, 6.45) is 0. The number of nitrogens with two attached hydrogens (primary N) is 1. The third-order valence-electron chi connectivity index (χ3n) is 1.83. The van der Waals surface area contributed by atoms with Gasteiger partial charge in [-0.3, -0.25) is 10.2 Å². The molecular weight excluding hydrogens is 248 g/mol.